The molecule has 2 aliphatic rings. The highest BCUT2D eigenvalue weighted by Crippen LogP contribution is 2.39. The van der Waals surface area contributed by atoms with Crippen LogP contribution in [0.4, 0.5) is 32.9 Å². The van der Waals surface area contributed by atoms with Crippen molar-refractivity contribution in [2.24, 2.45) is 0 Å². The summed E-state index contributed by atoms with van der Waals surface area (Å²) in [4.78, 5) is 73.4. The number of hydrogen-bond donors (Lipinski definition) is 0. The third-order valence-electron chi connectivity index (χ3n) is 9.26. The number of aromatic nitrogens is 1. The number of benzene rings is 3. The molecule has 2 aliphatic heterocycles. The van der Waals surface area contributed by atoms with E-state index in [0.717, 1.165) is 48.9 Å². The number of likely N-dealkylation sites (N-methyl/N-ethyl adjacent to an activating group) is 2. The fraction of sp³-hybridized carbons (Fsp3) is 0.111. The van der Waals surface area contributed by atoms with Crippen LogP contribution in [0.3, 0.4) is 0 Å². The van der Waals surface area contributed by atoms with E-state index >= 15 is 0 Å². The van der Waals surface area contributed by atoms with Gasteiger partial charge in [-0.3, -0.25) is 48.5 Å². The molecule has 0 atom stereocenters. The first-order valence-electron chi connectivity index (χ1n) is 18.6. The summed E-state index contributed by atoms with van der Waals surface area (Å²) in [5, 5.41) is 2.41. The number of amides is 4. The largest absolute Gasteiger partial charge is 0.302 e. The van der Waals surface area contributed by atoms with Crippen LogP contribution >= 0.6 is 47.1 Å². The number of para-hydroxylation sites is 3. The van der Waals surface area contributed by atoms with Gasteiger partial charge in [-0.05, 0) is 103 Å². The SMILES string of the molecule is CN1C(=O)C(=Cc2ccc(N(c3ccccc3)c3ccccn3)s2)C(=O)N(C)C1=S.CN1C(=O)CC(=O)N(C)C1=S.O=Cc1ccc(N(c2ccccc2)c2ccccc2)s1. The zero-order valence-electron chi connectivity index (χ0n) is 33.4. The van der Waals surface area contributed by atoms with Crippen molar-refractivity contribution in [1.29, 1.82) is 0 Å². The summed E-state index contributed by atoms with van der Waals surface area (Å²) in [6.07, 6.45) is 4.18. The van der Waals surface area contributed by atoms with Crippen LogP contribution in [0.25, 0.3) is 6.08 Å². The fourth-order valence-electron chi connectivity index (χ4n) is 5.98. The summed E-state index contributed by atoms with van der Waals surface area (Å²) >= 11 is 12.9. The molecule has 308 valence electrons. The minimum absolute atomic E-state index is 0.0763. The first-order valence-corrected chi connectivity index (χ1v) is 21.0. The second-order valence-corrected chi connectivity index (χ2v) is 16.2. The molecule has 0 radical (unpaired) electrons. The van der Waals surface area contributed by atoms with Crippen LogP contribution in [-0.2, 0) is 19.2 Å². The highest BCUT2D eigenvalue weighted by molar-refractivity contribution is 7.80. The van der Waals surface area contributed by atoms with Crippen LogP contribution in [0, 0.1) is 0 Å². The van der Waals surface area contributed by atoms with Gasteiger partial charge in [0.2, 0.25) is 11.8 Å². The van der Waals surface area contributed by atoms with Gasteiger partial charge in [-0.2, -0.15) is 0 Å². The van der Waals surface area contributed by atoms with Gasteiger partial charge in [0.25, 0.3) is 11.8 Å². The van der Waals surface area contributed by atoms with Crippen molar-refractivity contribution in [2.75, 3.05) is 38.0 Å². The molecule has 8 rings (SSSR count). The third-order valence-corrected chi connectivity index (χ3v) is 12.4. The quantitative estimate of drug-likeness (QED) is 0.0483. The lowest BCUT2D eigenvalue weighted by Gasteiger charge is -2.31. The van der Waals surface area contributed by atoms with Gasteiger partial charge in [0, 0.05) is 56.3 Å². The fourth-order valence-corrected chi connectivity index (χ4v) is 8.20. The number of carbonyl (C=O) groups is 5. The zero-order valence-corrected chi connectivity index (χ0v) is 36.7. The molecule has 0 unspecified atom stereocenters. The van der Waals surface area contributed by atoms with Gasteiger partial charge in [-0.15, -0.1) is 22.7 Å². The summed E-state index contributed by atoms with van der Waals surface area (Å²) < 4.78 is 0. The van der Waals surface area contributed by atoms with Gasteiger partial charge >= 0.3 is 0 Å². The summed E-state index contributed by atoms with van der Waals surface area (Å²) in [5.41, 5.74) is 3.22. The Labute approximate surface area is 372 Å². The van der Waals surface area contributed by atoms with E-state index in [4.69, 9.17) is 24.4 Å². The average molecular weight is 886 g/mol. The third kappa shape index (κ3) is 10.2. The Morgan fingerprint density at radius 2 is 0.967 bits per heavy atom. The van der Waals surface area contributed by atoms with Gasteiger partial charge in [-0.1, -0.05) is 60.7 Å². The van der Waals surface area contributed by atoms with Crippen LogP contribution in [0.1, 0.15) is 21.0 Å². The van der Waals surface area contributed by atoms with Crippen molar-refractivity contribution in [3.8, 4) is 0 Å². The molecular weight excluding hydrogens is 847 g/mol. The van der Waals surface area contributed by atoms with E-state index < -0.39 is 11.8 Å². The molecule has 16 heteroatoms. The molecule has 5 heterocycles. The number of carbonyl (C=O) groups excluding carboxylic acids is 5. The van der Waals surface area contributed by atoms with Crippen molar-refractivity contribution in [2.45, 2.75) is 6.42 Å². The van der Waals surface area contributed by atoms with Crippen molar-refractivity contribution in [3.63, 3.8) is 0 Å². The number of nitrogens with zero attached hydrogens (tertiary/aromatic N) is 7. The molecular formula is C45H39N7O5S4. The minimum Gasteiger partial charge on any atom is -0.302 e. The lowest BCUT2D eigenvalue weighted by Crippen LogP contribution is -2.52. The van der Waals surface area contributed by atoms with Crippen molar-refractivity contribution < 1.29 is 24.0 Å². The zero-order chi connectivity index (χ0) is 43.6. The van der Waals surface area contributed by atoms with Crippen LogP contribution in [0.15, 0.2) is 145 Å². The van der Waals surface area contributed by atoms with E-state index in [1.807, 2.05) is 114 Å². The molecule has 6 aromatic rings. The van der Waals surface area contributed by atoms with Crippen LogP contribution in [0.2, 0.25) is 0 Å². The van der Waals surface area contributed by atoms with E-state index in [-0.39, 0.29) is 34.0 Å². The Bertz CT molecular complexity index is 2460. The van der Waals surface area contributed by atoms with E-state index in [1.54, 1.807) is 40.5 Å². The topological polar surface area (TPSA) is 118 Å². The highest BCUT2D eigenvalue weighted by Gasteiger charge is 2.35. The smallest absolute Gasteiger partial charge is 0.265 e. The van der Waals surface area contributed by atoms with E-state index in [2.05, 4.69) is 34.1 Å². The molecule has 61 heavy (non-hydrogen) atoms. The standard InChI is InChI=1S/C22H18N4O2S2.C17H13NOS.C6H8N2O2S/c1-24-20(27)17(21(28)25(2)22(24)29)14-16-11-12-19(30-16)26(15-8-4-3-5-9-15)18-10-6-7-13-23-18;19-13-16-11-12-17(20-16)18(14-7-3-1-4-8-14)15-9-5-2-6-10-15;1-7-4(9)3-5(10)8(2)6(7)11/h3-14H,1-2H3;1-13H;3H2,1-2H3. The minimum atomic E-state index is -0.400. The van der Waals surface area contributed by atoms with Gasteiger partial charge < -0.3 is 4.90 Å². The van der Waals surface area contributed by atoms with Gasteiger partial charge in [0.15, 0.2) is 16.5 Å². The number of thiocarbonyl (C=S) groups is 2. The number of anilines is 6. The summed E-state index contributed by atoms with van der Waals surface area (Å²) in [6, 6.07) is 43.6. The second kappa shape index (κ2) is 20.0. The summed E-state index contributed by atoms with van der Waals surface area (Å²) in [5.74, 6) is -0.499. The molecule has 0 spiro atoms. The maximum absolute atomic E-state index is 12.6. The normalized spacial score (nSPS) is 13.9. The summed E-state index contributed by atoms with van der Waals surface area (Å²) in [6.45, 7) is 0. The van der Waals surface area contributed by atoms with Gasteiger partial charge in [-0.25, -0.2) is 4.98 Å². The average Bonchev–Trinajstić information content (AvgIpc) is 3.97. The molecule has 0 bridgehead atoms. The highest BCUT2D eigenvalue weighted by atomic mass is 32.1. The molecule has 12 nitrogen and oxygen atoms in total. The van der Waals surface area contributed by atoms with Crippen LogP contribution < -0.4 is 9.80 Å². The Morgan fingerprint density at radius 1 is 0.541 bits per heavy atom. The Hall–Kier alpha value is -6.72. The summed E-state index contributed by atoms with van der Waals surface area (Å²) in [7, 11) is 6.26. The predicted molar refractivity (Wildman–Crippen MR) is 250 cm³/mol. The van der Waals surface area contributed by atoms with E-state index in [0.29, 0.717) is 0 Å². The monoisotopic (exact) mass is 885 g/mol. The number of hydrogen-bond acceptors (Lipinski definition) is 12. The van der Waals surface area contributed by atoms with Crippen LogP contribution in [-0.4, -0.2) is 92.9 Å². The first kappa shape index (κ1) is 43.8. The van der Waals surface area contributed by atoms with E-state index in [1.165, 1.54) is 42.3 Å². The van der Waals surface area contributed by atoms with Crippen molar-refractivity contribution in [1.82, 2.24) is 24.6 Å². The second-order valence-electron chi connectivity index (χ2n) is 13.3. The Kier molecular flexibility index (Phi) is 14.4. The number of rotatable bonds is 8. The van der Waals surface area contributed by atoms with Crippen molar-refractivity contribution in [3.05, 3.63) is 155 Å². The maximum atomic E-state index is 12.6. The Balaban J connectivity index is 0.000000172. The first-order chi connectivity index (χ1) is 29.4. The molecule has 3 aromatic heterocycles. The number of thiophene rings is 2. The van der Waals surface area contributed by atoms with E-state index in [9.17, 15) is 24.0 Å². The van der Waals surface area contributed by atoms with Crippen molar-refractivity contribution >= 4 is 126 Å². The molecule has 2 saturated heterocycles. The molecule has 4 amide bonds. The maximum Gasteiger partial charge on any atom is 0.265 e. The lowest BCUT2D eigenvalue weighted by atomic mass is 10.1. The number of pyridine rings is 1. The number of aldehydes is 1. The van der Waals surface area contributed by atoms with Gasteiger partial charge in [0.1, 0.15) is 27.8 Å². The lowest BCUT2D eigenvalue weighted by molar-refractivity contribution is -0.139. The van der Waals surface area contributed by atoms with Crippen LogP contribution in [0.5, 0.6) is 0 Å². The Morgan fingerprint density at radius 3 is 1.43 bits per heavy atom. The predicted octanol–water partition coefficient (Wildman–Crippen LogP) is 8.83. The molecule has 0 aliphatic carbocycles. The molecule has 0 saturated carbocycles. The molecule has 0 N–H and O–H groups in total. The van der Waals surface area contributed by atoms with Gasteiger partial charge in [0.05, 0.1) is 4.88 Å². The molecule has 3 aromatic carbocycles. The molecule has 2 fully saturated rings.